The second kappa shape index (κ2) is 6.88. The highest BCUT2D eigenvalue weighted by Gasteiger charge is 2.29. The Hall–Kier alpha value is -2.97. The monoisotopic (exact) mass is 349 g/mol. The van der Waals surface area contributed by atoms with Gasteiger partial charge in [-0.05, 0) is 12.1 Å². The maximum atomic E-state index is 13.5. The van der Waals surface area contributed by atoms with Crippen molar-refractivity contribution in [3.8, 4) is 11.3 Å². The highest BCUT2D eigenvalue weighted by atomic mass is 19.1. The van der Waals surface area contributed by atoms with Gasteiger partial charge < -0.3 is 16.0 Å². The maximum Gasteiger partial charge on any atom is 0.317 e. The molecule has 2 aromatic rings. The van der Waals surface area contributed by atoms with Gasteiger partial charge >= 0.3 is 6.03 Å². The molecule has 0 bridgehead atoms. The van der Waals surface area contributed by atoms with Crippen molar-refractivity contribution in [1.29, 1.82) is 0 Å². The molecule has 0 radical (unpaired) electrons. The van der Waals surface area contributed by atoms with E-state index in [0.717, 1.165) is 0 Å². The Labute approximate surface area is 142 Å². The summed E-state index contributed by atoms with van der Waals surface area (Å²) < 4.78 is 27.3. The Bertz CT molecular complexity index is 821. The minimum atomic E-state index is -0.702. The molecule has 1 aromatic heterocycles. The van der Waals surface area contributed by atoms with Gasteiger partial charge in [-0.15, -0.1) is 0 Å². The smallest absolute Gasteiger partial charge is 0.317 e. The van der Waals surface area contributed by atoms with Crippen LogP contribution in [-0.4, -0.2) is 46.4 Å². The number of fused-ring (bicyclic) bond motifs is 1. The van der Waals surface area contributed by atoms with Crippen molar-refractivity contribution < 1.29 is 18.4 Å². The highest BCUT2D eigenvalue weighted by Crippen LogP contribution is 2.28. The minimum Gasteiger partial charge on any atom is -0.365 e. The van der Waals surface area contributed by atoms with Gasteiger partial charge in [0, 0.05) is 18.7 Å². The Morgan fingerprint density at radius 2 is 2.12 bits per heavy atom. The fourth-order valence-electron chi connectivity index (χ4n) is 2.85. The minimum absolute atomic E-state index is 0.0776. The number of nitrogens with two attached hydrogens (primary N) is 1. The number of rotatable bonds is 4. The van der Waals surface area contributed by atoms with E-state index in [9.17, 15) is 18.4 Å². The number of urea groups is 1. The first-order chi connectivity index (χ1) is 12.0. The van der Waals surface area contributed by atoms with Gasteiger partial charge in [-0.25, -0.2) is 13.6 Å². The molecule has 0 atom stereocenters. The van der Waals surface area contributed by atoms with Crippen LogP contribution in [0, 0.1) is 5.82 Å². The van der Waals surface area contributed by atoms with Crippen molar-refractivity contribution in [3.63, 3.8) is 0 Å². The molecule has 25 heavy (non-hydrogen) atoms. The molecule has 0 saturated carbocycles. The summed E-state index contributed by atoms with van der Waals surface area (Å²) in [6, 6.07) is 5.29. The van der Waals surface area contributed by atoms with Crippen LogP contribution in [0.5, 0.6) is 0 Å². The highest BCUT2D eigenvalue weighted by molar-refractivity contribution is 6.00. The number of benzene rings is 1. The molecule has 0 unspecified atom stereocenters. The zero-order valence-electron chi connectivity index (χ0n) is 13.3. The van der Waals surface area contributed by atoms with Crippen LogP contribution in [0.3, 0.4) is 0 Å². The first-order valence-corrected chi connectivity index (χ1v) is 7.75. The molecule has 3 N–H and O–H groups in total. The van der Waals surface area contributed by atoms with E-state index >= 15 is 0 Å². The average Bonchev–Trinajstić information content (AvgIpc) is 2.98. The number of primary amides is 1. The van der Waals surface area contributed by atoms with Crippen LogP contribution in [0.15, 0.2) is 24.3 Å². The number of carbonyl (C=O) groups excluding carboxylic acids is 2. The summed E-state index contributed by atoms with van der Waals surface area (Å²) in [6.45, 7) is 0.0832. The Kier molecular flexibility index (Phi) is 4.64. The SMILES string of the molecule is NC(=O)c1c(-c2cccc(F)c2)nn2c1CN(C(=O)NCCF)CC2. The number of alkyl halides is 1. The van der Waals surface area contributed by atoms with Crippen LogP contribution in [0.2, 0.25) is 0 Å². The standard InChI is InChI=1S/C16H17F2N5O2/c17-4-5-20-16(25)22-6-7-23-12(9-22)13(15(19)24)14(21-23)10-2-1-3-11(18)8-10/h1-3,8H,4-7,9H2,(H2,19,24)(H,20,25). The zero-order chi connectivity index (χ0) is 18.0. The molecule has 3 amide bonds. The largest absolute Gasteiger partial charge is 0.365 e. The molecule has 0 aliphatic carbocycles. The molecular weight excluding hydrogens is 332 g/mol. The van der Waals surface area contributed by atoms with Gasteiger partial charge in [0.2, 0.25) is 0 Å². The number of aromatic nitrogens is 2. The van der Waals surface area contributed by atoms with Gasteiger partial charge in [-0.3, -0.25) is 9.48 Å². The molecular formula is C16H17F2N5O2. The molecule has 0 fully saturated rings. The molecule has 3 rings (SSSR count). The van der Waals surface area contributed by atoms with Gasteiger partial charge in [-0.1, -0.05) is 12.1 Å². The quantitative estimate of drug-likeness (QED) is 0.871. The van der Waals surface area contributed by atoms with E-state index < -0.39 is 24.4 Å². The summed E-state index contributed by atoms with van der Waals surface area (Å²) in [4.78, 5) is 25.4. The lowest BCUT2D eigenvalue weighted by Crippen LogP contribution is -2.45. The molecule has 0 saturated heterocycles. The number of nitrogens with one attached hydrogen (secondary N) is 1. The van der Waals surface area contributed by atoms with E-state index in [0.29, 0.717) is 24.3 Å². The van der Waals surface area contributed by atoms with E-state index in [4.69, 9.17) is 5.73 Å². The number of nitrogens with zero attached hydrogens (tertiary/aromatic N) is 3. The third-order valence-electron chi connectivity index (χ3n) is 3.98. The van der Waals surface area contributed by atoms with Gasteiger partial charge in [0.25, 0.3) is 5.91 Å². The second-order valence-electron chi connectivity index (χ2n) is 5.61. The lowest BCUT2D eigenvalue weighted by atomic mass is 10.0. The molecule has 1 aromatic carbocycles. The summed E-state index contributed by atoms with van der Waals surface area (Å²) in [5.41, 5.74) is 6.87. The van der Waals surface area contributed by atoms with Crippen LogP contribution in [0.4, 0.5) is 13.6 Å². The topological polar surface area (TPSA) is 93.2 Å². The van der Waals surface area contributed by atoms with Gasteiger partial charge in [0.15, 0.2) is 0 Å². The van der Waals surface area contributed by atoms with Crippen LogP contribution in [-0.2, 0) is 13.1 Å². The molecule has 2 heterocycles. The van der Waals surface area contributed by atoms with E-state index in [1.807, 2.05) is 0 Å². The Morgan fingerprint density at radius 1 is 1.32 bits per heavy atom. The van der Waals surface area contributed by atoms with Crippen molar-refractivity contribution in [2.45, 2.75) is 13.1 Å². The lowest BCUT2D eigenvalue weighted by molar-refractivity contribution is 0.0997. The number of hydrogen-bond donors (Lipinski definition) is 2. The van der Waals surface area contributed by atoms with E-state index in [1.165, 1.54) is 23.1 Å². The van der Waals surface area contributed by atoms with Crippen LogP contribution < -0.4 is 11.1 Å². The lowest BCUT2D eigenvalue weighted by Gasteiger charge is -2.28. The van der Waals surface area contributed by atoms with Crippen molar-refractivity contribution in [2.24, 2.45) is 5.73 Å². The zero-order valence-corrected chi connectivity index (χ0v) is 13.3. The predicted molar refractivity (Wildman–Crippen MR) is 85.9 cm³/mol. The summed E-state index contributed by atoms with van der Waals surface area (Å²) in [5, 5.41) is 6.81. The van der Waals surface area contributed by atoms with Crippen LogP contribution in [0.1, 0.15) is 16.1 Å². The number of carbonyl (C=O) groups is 2. The fourth-order valence-corrected chi connectivity index (χ4v) is 2.85. The van der Waals surface area contributed by atoms with Crippen LogP contribution >= 0.6 is 0 Å². The van der Waals surface area contributed by atoms with Crippen molar-refractivity contribution in [2.75, 3.05) is 19.8 Å². The molecule has 9 heteroatoms. The normalized spacial score (nSPS) is 13.4. The fraction of sp³-hybridized carbons (Fsp3) is 0.312. The van der Waals surface area contributed by atoms with E-state index in [-0.39, 0.29) is 24.3 Å². The van der Waals surface area contributed by atoms with Gasteiger partial charge in [0.1, 0.15) is 18.2 Å². The predicted octanol–water partition coefficient (Wildman–Crippen LogP) is 1.28. The molecule has 7 nitrogen and oxygen atoms in total. The maximum absolute atomic E-state index is 13.5. The first-order valence-electron chi connectivity index (χ1n) is 7.75. The third-order valence-corrected chi connectivity index (χ3v) is 3.98. The van der Waals surface area contributed by atoms with E-state index in [1.54, 1.807) is 10.7 Å². The molecule has 1 aliphatic rings. The summed E-state index contributed by atoms with van der Waals surface area (Å²) in [5.74, 6) is -1.15. The van der Waals surface area contributed by atoms with Crippen molar-refractivity contribution in [3.05, 3.63) is 41.3 Å². The second-order valence-corrected chi connectivity index (χ2v) is 5.61. The van der Waals surface area contributed by atoms with Crippen LogP contribution in [0.25, 0.3) is 11.3 Å². The Balaban J connectivity index is 1.97. The number of amides is 3. The van der Waals surface area contributed by atoms with E-state index in [2.05, 4.69) is 10.4 Å². The van der Waals surface area contributed by atoms with Gasteiger partial charge in [-0.2, -0.15) is 5.10 Å². The first kappa shape index (κ1) is 16.9. The molecule has 1 aliphatic heterocycles. The number of hydrogen-bond acceptors (Lipinski definition) is 3. The molecule has 0 spiro atoms. The summed E-state index contributed by atoms with van der Waals surface area (Å²) in [6.07, 6.45) is 0. The third kappa shape index (κ3) is 3.30. The van der Waals surface area contributed by atoms with Gasteiger partial charge in [0.05, 0.1) is 24.3 Å². The molecule has 132 valence electrons. The Morgan fingerprint density at radius 3 is 2.80 bits per heavy atom. The number of halogens is 2. The average molecular weight is 349 g/mol. The summed E-state index contributed by atoms with van der Waals surface area (Å²) >= 11 is 0. The van der Waals surface area contributed by atoms with Crippen molar-refractivity contribution >= 4 is 11.9 Å². The van der Waals surface area contributed by atoms with Crippen molar-refractivity contribution in [1.82, 2.24) is 20.0 Å². The summed E-state index contributed by atoms with van der Waals surface area (Å²) in [7, 11) is 0.